The van der Waals surface area contributed by atoms with Crippen molar-refractivity contribution in [1.29, 1.82) is 0 Å². The molecule has 152 valence electrons. The van der Waals surface area contributed by atoms with Crippen LogP contribution < -0.4 is 24.4 Å². The van der Waals surface area contributed by atoms with Crippen LogP contribution in [0.5, 0.6) is 17.2 Å². The van der Waals surface area contributed by atoms with Crippen molar-refractivity contribution < 1.29 is 23.8 Å². The van der Waals surface area contributed by atoms with Crippen molar-refractivity contribution in [3.8, 4) is 17.2 Å². The molecule has 29 heavy (non-hydrogen) atoms. The number of amides is 2. The summed E-state index contributed by atoms with van der Waals surface area (Å²) in [6.07, 6.45) is -0.573. The fourth-order valence-electron chi connectivity index (χ4n) is 3.00. The van der Waals surface area contributed by atoms with E-state index in [4.69, 9.17) is 14.2 Å². The molecular weight excluding hydrogens is 372 g/mol. The van der Waals surface area contributed by atoms with Gasteiger partial charge in [-0.3, -0.25) is 9.59 Å². The van der Waals surface area contributed by atoms with Gasteiger partial charge >= 0.3 is 0 Å². The van der Waals surface area contributed by atoms with Crippen LogP contribution in [0.4, 0.5) is 11.4 Å². The maximum atomic E-state index is 12.5. The Labute approximate surface area is 169 Å². The summed E-state index contributed by atoms with van der Waals surface area (Å²) in [4.78, 5) is 26.5. The van der Waals surface area contributed by atoms with Crippen LogP contribution in [0.25, 0.3) is 0 Å². The number of anilines is 2. The van der Waals surface area contributed by atoms with Gasteiger partial charge in [0.2, 0.25) is 0 Å². The number of rotatable bonds is 7. The molecule has 2 amide bonds. The van der Waals surface area contributed by atoms with Crippen molar-refractivity contribution in [3.05, 3.63) is 54.6 Å². The summed E-state index contributed by atoms with van der Waals surface area (Å²) in [6.45, 7) is 7.66. The van der Waals surface area contributed by atoms with Gasteiger partial charge in [0.1, 0.15) is 5.75 Å². The molecule has 1 unspecified atom stereocenters. The van der Waals surface area contributed by atoms with Gasteiger partial charge < -0.3 is 24.4 Å². The number of carbonyl (C=O) groups excluding carboxylic acids is 2. The fourth-order valence-corrected chi connectivity index (χ4v) is 3.00. The van der Waals surface area contributed by atoms with E-state index in [0.717, 1.165) is 5.57 Å². The van der Waals surface area contributed by atoms with E-state index in [9.17, 15) is 9.59 Å². The van der Waals surface area contributed by atoms with Crippen LogP contribution in [0.1, 0.15) is 13.8 Å². The van der Waals surface area contributed by atoms with Crippen LogP contribution >= 0.6 is 0 Å². The molecule has 0 aromatic heterocycles. The molecule has 0 saturated carbocycles. The number of hydrogen-bond acceptors (Lipinski definition) is 5. The number of carbonyl (C=O) groups is 2. The predicted octanol–water partition coefficient (Wildman–Crippen LogP) is 3.40. The minimum absolute atomic E-state index is 0.150. The first-order chi connectivity index (χ1) is 13.9. The summed E-state index contributed by atoms with van der Waals surface area (Å²) >= 11 is 0. The maximum Gasteiger partial charge on any atom is 0.268 e. The predicted molar refractivity (Wildman–Crippen MR) is 111 cm³/mol. The largest absolute Gasteiger partial charge is 0.493 e. The molecule has 7 heteroatoms. The Morgan fingerprint density at radius 1 is 1.24 bits per heavy atom. The van der Waals surface area contributed by atoms with Crippen LogP contribution in [-0.2, 0) is 9.59 Å². The number of fused-ring (bicyclic) bond motifs is 1. The van der Waals surface area contributed by atoms with Crippen molar-refractivity contribution in [3.63, 3.8) is 0 Å². The Kier molecular flexibility index (Phi) is 6.07. The second-order valence-corrected chi connectivity index (χ2v) is 6.81. The second kappa shape index (κ2) is 8.68. The Hall–Kier alpha value is -3.48. The van der Waals surface area contributed by atoms with Crippen molar-refractivity contribution in [2.75, 3.05) is 30.5 Å². The Morgan fingerprint density at radius 2 is 1.97 bits per heavy atom. The van der Waals surface area contributed by atoms with E-state index in [2.05, 4.69) is 11.9 Å². The molecule has 2 aromatic rings. The highest BCUT2D eigenvalue weighted by Gasteiger charge is 2.31. The minimum atomic E-state index is -0.573. The Bertz CT molecular complexity index is 941. The molecule has 1 atom stereocenters. The van der Waals surface area contributed by atoms with Crippen molar-refractivity contribution in [2.45, 2.75) is 20.0 Å². The average molecular weight is 396 g/mol. The Morgan fingerprint density at radius 3 is 2.66 bits per heavy atom. The monoisotopic (exact) mass is 396 g/mol. The fraction of sp³-hybridized carbons (Fsp3) is 0.273. The van der Waals surface area contributed by atoms with Crippen molar-refractivity contribution >= 4 is 23.2 Å². The first-order valence-corrected chi connectivity index (χ1v) is 9.21. The van der Waals surface area contributed by atoms with Gasteiger partial charge in [0.05, 0.1) is 12.8 Å². The molecule has 0 aliphatic carbocycles. The molecule has 1 aliphatic heterocycles. The van der Waals surface area contributed by atoms with Crippen molar-refractivity contribution in [2.24, 2.45) is 0 Å². The maximum absolute atomic E-state index is 12.5. The normalized spacial score (nSPS) is 15.2. The molecule has 3 rings (SSSR count). The summed E-state index contributed by atoms with van der Waals surface area (Å²) in [7, 11) is 1.54. The van der Waals surface area contributed by atoms with Gasteiger partial charge in [0, 0.05) is 12.2 Å². The lowest BCUT2D eigenvalue weighted by Crippen LogP contribution is -2.45. The number of methoxy groups -OCH3 is 1. The van der Waals surface area contributed by atoms with Gasteiger partial charge in [-0.05, 0) is 44.2 Å². The van der Waals surface area contributed by atoms with Gasteiger partial charge in [-0.25, -0.2) is 0 Å². The van der Waals surface area contributed by atoms with Crippen LogP contribution in [0.3, 0.4) is 0 Å². The van der Waals surface area contributed by atoms with Gasteiger partial charge in [-0.2, -0.15) is 0 Å². The summed E-state index contributed by atoms with van der Waals surface area (Å²) in [5.74, 6) is 1.13. The summed E-state index contributed by atoms with van der Waals surface area (Å²) < 4.78 is 16.4. The molecule has 0 radical (unpaired) electrons. The van der Waals surface area contributed by atoms with E-state index in [1.807, 2.05) is 13.0 Å². The zero-order valence-corrected chi connectivity index (χ0v) is 16.7. The number of ether oxygens (including phenoxy) is 3. The van der Waals surface area contributed by atoms with Crippen LogP contribution in [-0.4, -0.2) is 38.2 Å². The molecule has 0 bridgehead atoms. The lowest BCUT2D eigenvalue weighted by atomic mass is 10.1. The summed E-state index contributed by atoms with van der Waals surface area (Å²) in [5.41, 5.74) is 1.98. The first kappa shape index (κ1) is 20.3. The zero-order valence-electron chi connectivity index (χ0n) is 16.7. The highest BCUT2D eigenvalue weighted by molar-refractivity contribution is 6.01. The lowest BCUT2D eigenvalue weighted by molar-refractivity contribution is -0.125. The van der Waals surface area contributed by atoms with Crippen molar-refractivity contribution in [1.82, 2.24) is 0 Å². The molecule has 0 fully saturated rings. The van der Waals surface area contributed by atoms with E-state index in [0.29, 0.717) is 35.2 Å². The van der Waals surface area contributed by atoms with Gasteiger partial charge in [-0.15, -0.1) is 0 Å². The molecule has 0 saturated heterocycles. The Balaban J connectivity index is 1.72. The molecule has 0 spiro atoms. The highest BCUT2D eigenvalue weighted by atomic mass is 16.5. The smallest absolute Gasteiger partial charge is 0.268 e. The molecule has 2 aromatic carbocycles. The van der Waals surface area contributed by atoms with Gasteiger partial charge in [0.15, 0.2) is 24.2 Å². The van der Waals surface area contributed by atoms with Crippen LogP contribution in [0, 0.1) is 0 Å². The average Bonchev–Trinajstić information content (AvgIpc) is 2.70. The number of para-hydroxylation sites is 2. The number of nitrogens with one attached hydrogen (secondary N) is 1. The number of hydrogen-bond donors (Lipinski definition) is 1. The molecule has 1 aliphatic rings. The van der Waals surface area contributed by atoms with E-state index in [-0.39, 0.29) is 18.4 Å². The SMILES string of the molecule is C=C(C)CN1C(=O)C(C)Oc2ccc(NC(=O)COc3ccccc3OC)cc21. The minimum Gasteiger partial charge on any atom is -0.493 e. The molecule has 1 N–H and O–H groups in total. The summed E-state index contributed by atoms with van der Waals surface area (Å²) in [5, 5.41) is 2.78. The number of nitrogens with zero attached hydrogens (tertiary/aromatic N) is 1. The van der Waals surface area contributed by atoms with Crippen LogP contribution in [0.2, 0.25) is 0 Å². The quantitative estimate of drug-likeness (QED) is 0.726. The zero-order chi connectivity index (χ0) is 21.0. The standard InChI is InChI=1S/C22H24N2O5/c1-14(2)12-24-17-11-16(9-10-18(17)29-15(3)22(24)26)23-21(25)13-28-20-8-6-5-7-19(20)27-4/h5-11,15H,1,12-13H2,2-4H3,(H,23,25). The molecule has 7 nitrogen and oxygen atoms in total. The van der Waals surface area contributed by atoms with E-state index in [1.165, 1.54) is 7.11 Å². The lowest BCUT2D eigenvalue weighted by Gasteiger charge is -2.33. The topological polar surface area (TPSA) is 77.1 Å². The van der Waals surface area contributed by atoms with E-state index >= 15 is 0 Å². The third-order valence-electron chi connectivity index (χ3n) is 4.31. The number of benzene rings is 2. The third-order valence-corrected chi connectivity index (χ3v) is 4.31. The highest BCUT2D eigenvalue weighted by Crippen LogP contribution is 2.36. The van der Waals surface area contributed by atoms with Crippen LogP contribution in [0.15, 0.2) is 54.6 Å². The first-order valence-electron chi connectivity index (χ1n) is 9.21. The third kappa shape index (κ3) is 4.68. The van der Waals surface area contributed by atoms with Gasteiger partial charge in [-0.1, -0.05) is 24.3 Å². The van der Waals surface area contributed by atoms with E-state index < -0.39 is 6.10 Å². The van der Waals surface area contributed by atoms with E-state index in [1.54, 1.807) is 48.2 Å². The van der Waals surface area contributed by atoms with Gasteiger partial charge in [0.25, 0.3) is 11.8 Å². The second-order valence-electron chi connectivity index (χ2n) is 6.81. The molecule has 1 heterocycles. The summed E-state index contributed by atoms with van der Waals surface area (Å²) in [6, 6.07) is 12.3. The molecular formula is C22H24N2O5.